The number of nitrogens with zero attached hydrogens (tertiary/aromatic N) is 1. The van der Waals surface area contributed by atoms with Gasteiger partial charge < -0.3 is 14.5 Å². The van der Waals surface area contributed by atoms with E-state index in [0.29, 0.717) is 35.4 Å². The first-order chi connectivity index (χ1) is 16.3. The highest BCUT2D eigenvalue weighted by molar-refractivity contribution is 7.99. The Morgan fingerprint density at radius 3 is 2.38 bits per heavy atom. The minimum atomic E-state index is -4.02. The van der Waals surface area contributed by atoms with Crippen LogP contribution in [0, 0.1) is 0 Å². The van der Waals surface area contributed by atoms with Crippen LogP contribution in [0.25, 0.3) is 4.91 Å². The third-order valence-corrected chi connectivity index (χ3v) is 7.50. The van der Waals surface area contributed by atoms with Crippen molar-refractivity contribution in [2.75, 3.05) is 13.7 Å². The molecule has 2 amide bonds. The van der Waals surface area contributed by atoms with E-state index in [-0.39, 0.29) is 22.9 Å². The van der Waals surface area contributed by atoms with Crippen LogP contribution in [0.5, 0.6) is 5.75 Å². The number of sulfonamides is 1. The van der Waals surface area contributed by atoms with E-state index in [0.717, 1.165) is 10.1 Å². The highest BCUT2D eigenvalue weighted by Gasteiger charge is 2.42. The molecule has 1 aliphatic heterocycles. The zero-order valence-electron chi connectivity index (χ0n) is 18.8. The highest BCUT2D eigenvalue weighted by atomic mass is 32.2. The first-order valence-electron chi connectivity index (χ1n) is 10.6. The van der Waals surface area contributed by atoms with Crippen molar-refractivity contribution in [3.63, 3.8) is 0 Å². The molecule has 2 aromatic carbocycles. The van der Waals surface area contributed by atoms with Crippen molar-refractivity contribution in [1.29, 1.82) is 0 Å². The van der Waals surface area contributed by atoms with E-state index in [1.54, 1.807) is 60.9 Å². The second-order valence-electron chi connectivity index (χ2n) is 7.78. The summed E-state index contributed by atoms with van der Waals surface area (Å²) in [6, 6.07) is 16.7. The molecule has 0 fully saturated rings. The Balaban J connectivity index is 1.44. The lowest BCUT2D eigenvalue weighted by molar-refractivity contribution is -0.122. The molecule has 34 heavy (non-hydrogen) atoms. The molecule has 0 radical (unpaired) electrons. The fourth-order valence-corrected chi connectivity index (χ4v) is 5.55. The second kappa shape index (κ2) is 9.56. The summed E-state index contributed by atoms with van der Waals surface area (Å²) in [5.74, 6) is 0.559. The molecule has 0 aliphatic carbocycles. The zero-order chi connectivity index (χ0) is 24.3. The van der Waals surface area contributed by atoms with Crippen molar-refractivity contribution >= 4 is 26.7 Å². The van der Waals surface area contributed by atoms with Crippen LogP contribution in [0.4, 0.5) is 0 Å². The van der Waals surface area contributed by atoms with Crippen LogP contribution in [-0.4, -0.2) is 38.2 Å². The van der Waals surface area contributed by atoms with Crippen LogP contribution < -0.4 is 10.1 Å². The lowest BCUT2D eigenvalue weighted by atomic mass is 10.1. The van der Waals surface area contributed by atoms with Gasteiger partial charge in [0.2, 0.25) is 0 Å². The average Bonchev–Trinajstić information content (AvgIpc) is 3.41. The number of nitrogens with one attached hydrogen (secondary N) is 1. The van der Waals surface area contributed by atoms with Gasteiger partial charge in [0.25, 0.3) is 21.8 Å². The van der Waals surface area contributed by atoms with Gasteiger partial charge in [-0.25, -0.2) is 12.7 Å². The normalized spacial score (nSPS) is 15.0. The topological polar surface area (TPSA) is 106 Å². The molecule has 2 heterocycles. The molecule has 9 heteroatoms. The zero-order valence-corrected chi connectivity index (χ0v) is 19.6. The summed E-state index contributed by atoms with van der Waals surface area (Å²) in [5, 5.41) is 2.81. The molecule has 0 atom stereocenters. The molecule has 0 bridgehead atoms. The molecule has 176 valence electrons. The summed E-state index contributed by atoms with van der Waals surface area (Å²) in [6.45, 7) is 1.81. The number of ether oxygens (including phenoxy) is 1. The molecule has 8 nitrogen and oxygen atoms in total. The van der Waals surface area contributed by atoms with E-state index in [4.69, 9.17) is 9.15 Å². The van der Waals surface area contributed by atoms with E-state index in [2.05, 4.69) is 5.32 Å². The Morgan fingerprint density at radius 2 is 1.76 bits per heavy atom. The van der Waals surface area contributed by atoms with Crippen LogP contribution >= 0.6 is 0 Å². The van der Waals surface area contributed by atoms with Crippen LogP contribution in [-0.2, 0) is 27.8 Å². The van der Waals surface area contributed by atoms with Gasteiger partial charge in [0.15, 0.2) is 0 Å². The standard InChI is InChI=1S/C25H24N2O6S/c1-17-23(19-9-11-21(32-2)12-10-19)34(30,31)27(25(17)29)16-18-5-7-20(8-6-18)24(28)26-14-13-22-4-3-15-33-22/h3-12,15H,13-14,16H2,1-2H3,(H,26,28). The van der Waals surface area contributed by atoms with Gasteiger partial charge in [0, 0.05) is 24.1 Å². The molecule has 1 aliphatic rings. The molecule has 4 rings (SSSR count). The van der Waals surface area contributed by atoms with E-state index in [1.165, 1.54) is 14.0 Å². The number of hydrogen-bond acceptors (Lipinski definition) is 6. The molecule has 1 N–H and O–H groups in total. The van der Waals surface area contributed by atoms with E-state index in [9.17, 15) is 18.0 Å². The maximum absolute atomic E-state index is 13.2. The first-order valence-corrected chi connectivity index (χ1v) is 12.1. The van der Waals surface area contributed by atoms with Gasteiger partial charge >= 0.3 is 0 Å². The molecule has 3 aromatic rings. The van der Waals surface area contributed by atoms with Gasteiger partial charge in [-0.3, -0.25) is 9.59 Å². The Bertz CT molecular complexity index is 1330. The van der Waals surface area contributed by atoms with Crippen molar-refractivity contribution in [2.24, 2.45) is 0 Å². The number of carbonyl (C=O) groups excluding carboxylic acids is 2. The number of methoxy groups -OCH3 is 1. The predicted molar refractivity (Wildman–Crippen MR) is 126 cm³/mol. The van der Waals surface area contributed by atoms with Gasteiger partial charge in [-0.05, 0) is 66.6 Å². The average molecular weight is 481 g/mol. The fraction of sp³-hybridized carbons (Fsp3) is 0.200. The SMILES string of the molecule is COc1ccc(C2=C(C)C(=O)N(Cc3ccc(C(=O)NCCc4ccco4)cc3)S2(=O)=O)cc1. The molecule has 0 saturated heterocycles. The number of furan rings is 1. The minimum Gasteiger partial charge on any atom is -0.497 e. The van der Waals surface area contributed by atoms with Gasteiger partial charge in [-0.15, -0.1) is 0 Å². The molecule has 0 saturated carbocycles. The number of amides is 2. The Kier molecular flexibility index (Phi) is 6.56. The third-order valence-electron chi connectivity index (χ3n) is 5.57. The Labute approximate surface area is 197 Å². The number of hydrogen-bond donors (Lipinski definition) is 1. The maximum Gasteiger partial charge on any atom is 0.268 e. The number of rotatable bonds is 8. The largest absolute Gasteiger partial charge is 0.497 e. The Morgan fingerprint density at radius 1 is 1.06 bits per heavy atom. The lowest BCUT2D eigenvalue weighted by Crippen LogP contribution is -2.31. The molecule has 0 spiro atoms. The summed E-state index contributed by atoms with van der Waals surface area (Å²) in [4.78, 5) is 25.2. The summed E-state index contributed by atoms with van der Waals surface area (Å²) in [5.41, 5.74) is 1.62. The van der Waals surface area contributed by atoms with Crippen molar-refractivity contribution < 1.29 is 27.2 Å². The highest BCUT2D eigenvalue weighted by Crippen LogP contribution is 2.36. The molecule has 1 aromatic heterocycles. The van der Waals surface area contributed by atoms with Crippen LogP contribution in [0.15, 0.2) is 76.9 Å². The van der Waals surface area contributed by atoms with Crippen LogP contribution in [0.1, 0.15) is 34.2 Å². The second-order valence-corrected chi connectivity index (χ2v) is 9.58. The summed E-state index contributed by atoms with van der Waals surface area (Å²) in [6.07, 6.45) is 2.16. The Hall–Kier alpha value is -3.85. The predicted octanol–water partition coefficient (Wildman–Crippen LogP) is 3.36. The van der Waals surface area contributed by atoms with Gasteiger partial charge in [-0.2, -0.15) is 0 Å². The summed E-state index contributed by atoms with van der Waals surface area (Å²) in [7, 11) is -2.50. The van der Waals surface area contributed by atoms with Gasteiger partial charge in [0.1, 0.15) is 16.4 Å². The van der Waals surface area contributed by atoms with E-state index < -0.39 is 15.9 Å². The van der Waals surface area contributed by atoms with Crippen molar-refractivity contribution in [2.45, 2.75) is 19.9 Å². The van der Waals surface area contributed by atoms with E-state index >= 15 is 0 Å². The molecular formula is C25H24N2O6S. The maximum atomic E-state index is 13.2. The first kappa shape index (κ1) is 23.3. The third kappa shape index (κ3) is 4.60. The number of benzene rings is 2. The molecule has 0 unspecified atom stereocenters. The fourth-order valence-electron chi connectivity index (χ4n) is 3.75. The summed E-state index contributed by atoms with van der Waals surface area (Å²) < 4.78 is 37.6. The smallest absolute Gasteiger partial charge is 0.268 e. The van der Waals surface area contributed by atoms with E-state index in [1.807, 2.05) is 6.07 Å². The van der Waals surface area contributed by atoms with Crippen molar-refractivity contribution in [3.8, 4) is 5.75 Å². The van der Waals surface area contributed by atoms with Crippen LogP contribution in [0.3, 0.4) is 0 Å². The van der Waals surface area contributed by atoms with Gasteiger partial charge in [0.05, 0.1) is 19.9 Å². The lowest BCUT2D eigenvalue weighted by Gasteiger charge is -2.17. The molecular weight excluding hydrogens is 456 g/mol. The minimum absolute atomic E-state index is 0.00675. The monoisotopic (exact) mass is 480 g/mol. The van der Waals surface area contributed by atoms with Crippen molar-refractivity contribution in [3.05, 3.63) is 95.0 Å². The summed E-state index contributed by atoms with van der Waals surface area (Å²) >= 11 is 0. The van der Waals surface area contributed by atoms with Crippen molar-refractivity contribution in [1.82, 2.24) is 9.62 Å². The quantitative estimate of drug-likeness (QED) is 0.530. The van der Waals surface area contributed by atoms with Crippen LogP contribution in [0.2, 0.25) is 0 Å². The number of carbonyl (C=O) groups is 2. The van der Waals surface area contributed by atoms with Gasteiger partial charge in [-0.1, -0.05) is 12.1 Å².